The van der Waals surface area contributed by atoms with E-state index in [1.165, 1.54) is 24.3 Å². The van der Waals surface area contributed by atoms with E-state index in [0.29, 0.717) is 6.42 Å². The molecule has 1 aromatic rings. The molecule has 0 saturated heterocycles. The van der Waals surface area contributed by atoms with Crippen molar-refractivity contribution in [2.24, 2.45) is 0 Å². The number of halogens is 3. The average Bonchev–Trinajstić information content (AvgIpc) is 2.41. The van der Waals surface area contributed by atoms with E-state index >= 15 is 0 Å². The fourth-order valence-corrected chi connectivity index (χ4v) is 3.03. The number of aryl methyl sites for hydroxylation is 1. The van der Waals surface area contributed by atoms with Crippen molar-refractivity contribution >= 4 is 10.1 Å². The topological polar surface area (TPSA) is 43.4 Å². The number of hydrogen-bond acceptors (Lipinski definition) is 3. The second-order valence-corrected chi connectivity index (χ2v) is 6.82. The quantitative estimate of drug-likeness (QED) is 0.514. The van der Waals surface area contributed by atoms with Crippen LogP contribution in [0.4, 0.5) is 13.2 Å². The van der Waals surface area contributed by atoms with Gasteiger partial charge in [-0.1, -0.05) is 50.3 Å². The Balaban J connectivity index is 2.81. The lowest BCUT2D eigenvalue weighted by atomic mass is 10.1. The molecule has 0 radical (unpaired) electrons. The van der Waals surface area contributed by atoms with Crippen LogP contribution in [0.15, 0.2) is 29.2 Å². The van der Waals surface area contributed by atoms with Gasteiger partial charge >= 0.3 is 6.18 Å². The fraction of sp³-hybridized carbons (Fsp3) is 0.600. The number of alkyl halides is 3. The average molecular weight is 338 g/mol. The maximum atomic E-state index is 12.9. The standard InChI is InChI=1S/C15H21F3O3S/c1-3-4-5-6-7-14(15(16,17)18)21-22(19,20)13-10-8-12(2)9-11-13/h8-11,14H,3-7H2,1-2H3. The van der Waals surface area contributed by atoms with Crippen molar-refractivity contribution in [3.05, 3.63) is 29.8 Å². The first-order valence-corrected chi connectivity index (χ1v) is 8.64. The van der Waals surface area contributed by atoms with Gasteiger partial charge in [0.2, 0.25) is 0 Å². The zero-order valence-electron chi connectivity index (χ0n) is 12.7. The van der Waals surface area contributed by atoms with E-state index < -0.39 is 22.4 Å². The molecule has 0 fully saturated rings. The Labute approximate surface area is 129 Å². The molecular formula is C15H21F3O3S. The highest BCUT2D eigenvalue weighted by Gasteiger charge is 2.43. The van der Waals surface area contributed by atoms with Crippen LogP contribution in [0.3, 0.4) is 0 Å². The van der Waals surface area contributed by atoms with Crippen LogP contribution in [0.1, 0.15) is 44.6 Å². The number of hydrogen-bond donors (Lipinski definition) is 0. The summed E-state index contributed by atoms with van der Waals surface area (Å²) in [5, 5.41) is 0. The van der Waals surface area contributed by atoms with Gasteiger partial charge in [0.25, 0.3) is 10.1 Å². The maximum absolute atomic E-state index is 12.9. The summed E-state index contributed by atoms with van der Waals surface area (Å²) in [5.74, 6) is 0. The highest BCUT2D eigenvalue weighted by atomic mass is 32.2. The second-order valence-electron chi connectivity index (χ2n) is 5.24. The van der Waals surface area contributed by atoms with Gasteiger partial charge in [0, 0.05) is 0 Å². The van der Waals surface area contributed by atoms with E-state index in [2.05, 4.69) is 4.18 Å². The molecule has 7 heteroatoms. The van der Waals surface area contributed by atoms with Gasteiger partial charge in [0.15, 0.2) is 6.10 Å². The van der Waals surface area contributed by atoms with Gasteiger partial charge in [-0.2, -0.15) is 21.6 Å². The van der Waals surface area contributed by atoms with Crippen molar-refractivity contribution in [1.82, 2.24) is 0 Å². The third-order valence-electron chi connectivity index (χ3n) is 3.24. The third-order valence-corrected chi connectivity index (χ3v) is 4.57. The zero-order valence-corrected chi connectivity index (χ0v) is 13.5. The summed E-state index contributed by atoms with van der Waals surface area (Å²) in [5.41, 5.74) is 0.811. The molecule has 1 atom stereocenters. The van der Waals surface area contributed by atoms with Crippen molar-refractivity contribution in [3.8, 4) is 0 Å². The third kappa shape index (κ3) is 5.96. The number of benzene rings is 1. The summed E-state index contributed by atoms with van der Waals surface area (Å²) in [6.45, 7) is 3.70. The Morgan fingerprint density at radius 1 is 1.09 bits per heavy atom. The van der Waals surface area contributed by atoms with Crippen molar-refractivity contribution in [3.63, 3.8) is 0 Å². The molecule has 1 unspecified atom stereocenters. The van der Waals surface area contributed by atoms with Crippen molar-refractivity contribution in [2.75, 3.05) is 0 Å². The van der Waals surface area contributed by atoms with Crippen molar-refractivity contribution in [1.29, 1.82) is 0 Å². The molecule has 0 aromatic heterocycles. The maximum Gasteiger partial charge on any atom is 0.416 e. The van der Waals surface area contributed by atoms with Crippen LogP contribution in [-0.2, 0) is 14.3 Å². The van der Waals surface area contributed by atoms with Crippen LogP contribution in [-0.4, -0.2) is 20.7 Å². The Morgan fingerprint density at radius 2 is 1.68 bits per heavy atom. The van der Waals surface area contributed by atoms with Crippen LogP contribution in [0, 0.1) is 6.92 Å². The van der Waals surface area contributed by atoms with Gasteiger partial charge in [0.05, 0.1) is 4.90 Å². The largest absolute Gasteiger partial charge is 0.416 e. The lowest BCUT2D eigenvalue weighted by molar-refractivity contribution is -0.195. The molecule has 0 bridgehead atoms. The molecule has 126 valence electrons. The van der Waals surface area contributed by atoms with E-state index in [0.717, 1.165) is 18.4 Å². The summed E-state index contributed by atoms with van der Waals surface area (Å²) in [4.78, 5) is -0.263. The Hall–Kier alpha value is -1.08. The first kappa shape index (κ1) is 19.0. The molecular weight excluding hydrogens is 317 g/mol. The van der Waals surface area contributed by atoms with Gasteiger partial charge in [-0.05, 0) is 25.5 Å². The fourth-order valence-electron chi connectivity index (χ4n) is 1.94. The summed E-state index contributed by atoms with van der Waals surface area (Å²) in [7, 11) is -4.42. The lowest BCUT2D eigenvalue weighted by Crippen LogP contribution is -2.33. The number of rotatable bonds is 8. The van der Waals surface area contributed by atoms with Gasteiger partial charge < -0.3 is 0 Å². The molecule has 0 N–H and O–H groups in total. The molecule has 0 aliphatic carbocycles. The van der Waals surface area contributed by atoms with E-state index in [9.17, 15) is 21.6 Å². The first-order chi connectivity index (χ1) is 10.2. The first-order valence-electron chi connectivity index (χ1n) is 7.23. The molecule has 1 aromatic carbocycles. The smallest absolute Gasteiger partial charge is 0.253 e. The van der Waals surface area contributed by atoms with Crippen molar-refractivity contribution < 1.29 is 25.8 Å². The molecule has 3 nitrogen and oxygen atoms in total. The van der Waals surface area contributed by atoms with E-state index in [1.54, 1.807) is 6.92 Å². The minimum atomic E-state index is -4.70. The molecule has 0 aliphatic rings. The highest BCUT2D eigenvalue weighted by Crippen LogP contribution is 2.30. The van der Waals surface area contributed by atoms with Crippen LogP contribution in [0.5, 0.6) is 0 Å². The summed E-state index contributed by atoms with van der Waals surface area (Å²) in [6.07, 6.45) is -4.75. The minimum absolute atomic E-state index is 0.263. The van der Waals surface area contributed by atoms with Gasteiger partial charge in [0.1, 0.15) is 0 Å². The Morgan fingerprint density at radius 3 is 2.18 bits per heavy atom. The van der Waals surface area contributed by atoms with E-state index in [1.807, 2.05) is 6.92 Å². The SMILES string of the molecule is CCCCCCC(OS(=O)(=O)c1ccc(C)cc1)C(F)(F)F. The molecule has 0 saturated carbocycles. The van der Waals surface area contributed by atoms with Crippen LogP contribution < -0.4 is 0 Å². The monoisotopic (exact) mass is 338 g/mol. The van der Waals surface area contributed by atoms with E-state index in [4.69, 9.17) is 0 Å². The van der Waals surface area contributed by atoms with Gasteiger partial charge in [-0.15, -0.1) is 0 Å². The molecule has 0 heterocycles. The molecule has 1 rings (SSSR count). The molecule has 22 heavy (non-hydrogen) atoms. The van der Waals surface area contributed by atoms with Crippen LogP contribution in [0.2, 0.25) is 0 Å². The minimum Gasteiger partial charge on any atom is -0.253 e. The lowest BCUT2D eigenvalue weighted by Gasteiger charge is -2.20. The molecule has 0 aliphatic heterocycles. The normalized spacial score (nSPS) is 14.0. The number of unbranched alkanes of at least 4 members (excludes halogenated alkanes) is 3. The molecule has 0 spiro atoms. The highest BCUT2D eigenvalue weighted by molar-refractivity contribution is 7.86. The Bertz CT molecular complexity index is 550. The van der Waals surface area contributed by atoms with Crippen LogP contribution in [0.25, 0.3) is 0 Å². The van der Waals surface area contributed by atoms with Gasteiger partial charge in [-0.3, -0.25) is 4.18 Å². The predicted molar refractivity (Wildman–Crippen MR) is 78.1 cm³/mol. The second kappa shape index (κ2) is 7.97. The van der Waals surface area contributed by atoms with E-state index in [-0.39, 0.29) is 17.7 Å². The Kier molecular flexibility index (Phi) is 6.87. The van der Waals surface area contributed by atoms with Gasteiger partial charge in [-0.25, -0.2) is 0 Å². The summed E-state index contributed by atoms with van der Waals surface area (Å²) in [6, 6.07) is 5.52. The zero-order chi connectivity index (χ0) is 16.8. The summed E-state index contributed by atoms with van der Waals surface area (Å²) < 4.78 is 67.2. The predicted octanol–water partition coefficient (Wildman–Crippen LogP) is 4.60. The summed E-state index contributed by atoms with van der Waals surface area (Å²) >= 11 is 0. The van der Waals surface area contributed by atoms with Crippen LogP contribution >= 0.6 is 0 Å². The molecule has 0 amide bonds. The van der Waals surface area contributed by atoms with Crippen molar-refractivity contribution in [2.45, 2.75) is 63.1 Å².